The lowest BCUT2D eigenvalue weighted by molar-refractivity contribution is -0.138. The summed E-state index contributed by atoms with van der Waals surface area (Å²) in [5, 5.41) is 0. The van der Waals surface area contributed by atoms with E-state index in [1.54, 1.807) is 4.90 Å². The largest absolute Gasteiger partial charge is 0.377 e. The Hall–Kier alpha value is -1.92. The average Bonchev–Trinajstić information content (AvgIpc) is 3.03. The molecule has 6 heteroatoms. The van der Waals surface area contributed by atoms with Crippen molar-refractivity contribution < 1.29 is 9.53 Å². The highest BCUT2D eigenvalue weighted by Crippen LogP contribution is 2.27. The molecule has 6 nitrogen and oxygen atoms in total. The molecular formula is C19H28N4O2. The van der Waals surface area contributed by atoms with E-state index in [9.17, 15) is 4.79 Å². The number of rotatable bonds is 6. The molecule has 1 fully saturated rings. The molecule has 1 saturated carbocycles. The molecule has 1 aliphatic rings. The first-order valence-electron chi connectivity index (χ1n) is 9.13. The lowest BCUT2D eigenvalue weighted by Crippen LogP contribution is -2.46. The zero-order valence-electron chi connectivity index (χ0n) is 15.1. The Morgan fingerprint density at radius 3 is 3.08 bits per heavy atom. The Balaban J connectivity index is 1.63. The molecular weight excluding hydrogens is 316 g/mol. The minimum atomic E-state index is -0.00848. The normalized spacial score (nSPS) is 23.7. The van der Waals surface area contributed by atoms with Crippen LogP contribution in [-0.4, -0.2) is 46.0 Å². The van der Waals surface area contributed by atoms with Crippen LogP contribution in [0.1, 0.15) is 38.3 Å². The first-order chi connectivity index (χ1) is 12.1. The maximum Gasteiger partial charge on any atom is 0.225 e. The summed E-state index contributed by atoms with van der Waals surface area (Å²) < 4.78 is 7.88. The maximum absolute atomic E-state index is 12.9. The smallest absolute Gasteiger partial charge is 0.225 e. The molecule has 0 unspecified atom stereocenters. The van der Waals surface area contributed by atoms with Crippen LogP contribution in [0, 0.1) is 5.92 Å². The Labute approximate surface area is 149 Å². The van der Waals surface area contributed by atoms with Crippen LogP contribution >= 0.6 is 0 Å². The summed E-state index contributed by atoms with van der Waals surface area (Å²) in [4.78, 5) is 19.1. The third-order valence-electron chi connectivity index (χ3n) is 5.00. The Bertz CT molecular complexity index is 714. The fraction of sp³-hybridized carbons (Fsp3) is 0.579. The average molecular weight is 344 g/mol. The van der Waals surface area contributed by atoms with Gasteiger partial charge in [0.1, 0.15) is 5.65 Å². The van der Waals surface area contributed by atoms with Gasteiger partial charge < -0.3 is 19.8 Å². The third-order valence-corrected chi connectivity index (χ3v) is 5.00. The molecule has 0 spiro atoms. The number of hydrogen-bond acceptors (Lipinski definition) is 4. The van der Waals surface area contributed by atoms with E-state index < -0.39 is 0 Å². The van der Waals surface area contributed by atoms with Gasteiger partial charge in [0.15, 0.2) is 0 Å². The number of aromatic nitrogens is 2. The number of ether oxygens (including phenoxy) is 1. The van der Waals surface area contributed by atoms with E-state index in [4.69, 9.17) is 10.5 Å². The zero-order chi connectivity index (χ0) is 17.8. The molecule has 0 bridgehead atoms. The highest BCUT2D eigenvalue weighted by molar-refractivity contribution is 5.78. The molecule has 136 valence electrons. The standard InChI is InChI=1S/C19H28N4O2/c1-3-10-25-17-11-14(7-8-16(17)20)19(24)22(2)13-15-12-21-18-6-4-5-9-23(15)18/h4-6,9,12,14,16-17H,3,7-8,10-11,13,20H2,1-2H3/t14-,16+,17+/m0/s1. The number of nitrogens with zero attached hydrogens (tertiary/aromatic N) is 3. The van der Waals surface area contributed by atoms with Crippen LogP contribution < -0.4 is 5.73 Å². The van der Waals surface area contributed by atoms with Crippen molar-refractivity contribution in [2.75, 3.05) is 13.7 Å². The number of amides is 1. The van der Waals surface area contributed by atoms with Gasteiger partial charge in [-0.15, -0.1) is 0 Å². The van der Waals surface area contributed by atoms with Gasteiger partial charge in [-0.1, -0.05) is 13.0 Å². The molecule has 2 heterocycles. The summed E-state index contributed by atoms with van der Waals surface area (Å²) >= 11 is 0. The summed E-state index contributed by atoms with van der Waals surface area (Å²) in [5.74, 6) is 0.161. The second-order valence-electron chi connectivity index (χ2n) is 6.96. The van der Waals surface area contributed by atoms with Crippen molar-refractivity contribution in [3.8, 4) is 0 Å². The predicted molar refractivity (Wildman–Crippen MR) is 97.0 cm³/mol. The van der Waals surface area contributed by atoms with Gasteiger partial charge in [0.05, 0.1) is 24.5 Å². The first-order valence-corrected chi connectivity index (χ1v) is 9.13. The second kappa shape index (κ2) is 7.97. The minimum Gasteiger partial charge on any atom is -0.377 e. The minimum absolute atomic E-state index is 0.00755. The molecule has 1 amide bonds. The summed E-state index contributed by atoms with van der Waals surface area (Å²) in [5.41, 5.74) is 8.08. The van der Waals surface area contributed by atoms with Crippen molar-refractivity contribution in [2.24, 2.45) is 11.7 Å². The van der Waals surface area contributed by atoms with Gasteiger partial charge in [0, 0.05) is 31.8 Å². The fourth-order valence-corrected chi connectivity index (χ4v) is 3.57. The molecule has 2 N–H and O–H groups in total. The van der Waals surface area contributed by atoms with E-state index >= 15 is 0 Å². The first kappa shape index (κ1) is 17.9. The summed E-state index contributed by atoms with van der Waals surface area (Å²) in [6.07, 6.45) is 7.17. The predicted octanol–water partition coefficient (Wildman–Crippen LogP) is 2.22. The second-order valence-corrected chi connectivity index (χ2v) is 6.96. The number of pyridine rings is 1. The molecule has 1 aliphatic carbocycles. The van der Waals surface area contributed by atoms with E-state index in [1.165, 1.54) is 0 Å². The quantitative estimate of drug-likeness (QED) is 0.872. The third kappa shape index (κ3) is 4.02. The zero-order valence-corrected chi connectivity index (χ0v) is 15.1. The monoisotopic (exact) mass is 344 g/mol. The number of fused-ring (bicyclic) bond motifs is 1. The van der Waals surface area contributed by atoms with Crippen LogP contribution in [0.15, 0.2) is 30.6 Å². The van der Waals surface area contributed by atoms with Crippen molar-refractivity contribution >= 4 is 11.6 Å². The van der Waals surface area contributed by atoms with E-state index in [2.05, 4.69) is 11.9 Å². The molecule has 3 atom stereocenters. The highest BCUT2D eigenvalue weighted by atomic mass is 16.5. The van der Waals surface area contributed by atoms with Gasteiger partial charge in [0.25, 0.3) is 0 Å². The topological polar surface area (TPSA) is 72.9 Å². The molecule has 2 aromatic heterocycles. The fourth-order valence-electron chi connectivity index (χ4n) is 3.57. The van der Waals surface area contributed by atoms with Crippen molar-refractivity contribution in [3.63, 3.8) is 0 Å². The van der Waals surface area contributed by atoms with E-state index in [1.807, 2.05) is 42.0 Å². The van der Waals surface area contributed by atoms with Crippen LogP contribution in [0.25, 0.3) is 5.65 Å². The van der Waals surface area contributed by atoms with Gasteiger partial charge in [0.2, 0.25) is 5.91 Å². The van der Waals surface area contributed by atoms with Gasteiger partial charge in [-0.25, -0.2) is 4.98 Å². The molecule has 25 heavy (non-hydrogen) atoms. The number of carbonyl (C=O) groups excluding carboxylic acids is 1. The van der Waals surface area contributed by atoms with E-state index in [0.29, 0.717) is 13.2 Å². The highest BCUT2D eigenvalue weighted by Gasteiger charge is 2.34. The van der Waals surface area contributed by atoms with Crippen LogP contribution in [0.3, 0.4) is 0 Å². The van der Waals surface area contributed by atoms with Crippen LogP contribution in [-0.2, 0) is 16.1 Å². The number of carbonyl (C=O) groups is 1. The summed E-state index contributed by atoms with van der Waals surface area (Å²) in [7, 11) is 1.86. The molecule has 2 aromatic rings. The van der Waals surface area contributed by atoms with E-state index in [-0.39, 0.29) is 24.0 Å². The van der Waals surface area contributed by atoms with Crippen LogP contribution in [0.5, 0.6) is 0 Å². The van der Waals surface area contributed by atoms with Gasteiger partial charge in [-0.3, -0.25) is 4.79 Å². The van der Waals surface area contributed by atoms with E-state index in [0.717, 1.165) is 37.0 Å². The Kier molecular flexibility index (Phi) is 5.71. The van der Waals surface area contributed by atoms with Gasteiger partial charge in [-0.05, 0) is 37.8 Å². The van der Waals surface area contributed by atoms with Crippen LogP contribution in [0.4, 0.5) is 0 Å². The van der Waals surface area contributed by atoms with Crippen molar-refractivity contribution in [3.05, 3.63) is 36.3 Å². The van der Waals surface area contributed by atoms with Crippen molar-refractivity contribution in [2.45, 2.75) is 51.3 Å². The van der Waals surface area contributed by atoms with Crippen molar-refractivity contribution in [1.82, 2.24) is 14.3 Å². The molecule has 0 aromatic carbocycles. The van der Waals surface area contributed by atoms with Gasteiger partial charge >= 0.3 is 0 Å². The summed E-state index contributed by atoms with van der Waals surface area (Å²) in [6.45, 7) is 3.34. The maximum atomic E-state index is 12.9. The Morgan fingerprint density at radius 2 is 2.28 bits per heavy atom. The Morgan fingerprint density at radius 1 is 1.44 bits per heavy atom. The number of nitrogens with two attached hydrogens (primary N) is 1. The lowest BCUT2D eigenvalue weighted by atomic mass is 9.83. The molecule has 3 rings (SSSR count). The molecule has 0 radical (unpaired) electrons. The lowest BCUT2D eigenvalue weighted by Gasteiger charge is -2.35. The molecule has 0 aliphatic heterocycles. The van der Waals surface area contributed by atoms with Crippen LogP contribution in [0.2, 0.25) is 0 Å². The SMILES string of the molecule is CCCO[C@@H]1C[C@@H](C(=O)N(C)Cc2cnc3ccccn23)CC[C@H]1N. The number of imidazole rings is 1. The number of hydrogen-bond donors (Lipinski definition) is 1. The summed E-state index contributed by atoms with van der Waals surface area (Å²) in [6, 6.07) is 5.93. The van der Waals surface area contributed by atoms with Gasteiger partial charge in [-0.2, -0.15) is 0 Å². The molecule has 0 saturated heterocycles. The van der Waals surface area contributed by atoms with Crippen molar-refractivity contribution in [1.29, 1.82) is 0 Å².